The molecule has 0 radical (unpaired) electrons. The lowest BCUT2D eigenvalue weighted by molar-refractivity contribution is -0.384. The van der Waals surface area contributed by atoms with E-state index in [1.807, 2.05) is 13.0 Å². The molecule has 0 saturated carbocycles. The summed E-state index contributed by atoms with van der Waals surface area (Å²) in [5.74, 6) is -1.77. The molecule has 0 heterocycles. The number of benzene rings is 2. The number of amides is 2. The molecule has 0 spiro atoms. The Labute approximate surface area is 172 Å². The van der Waals surface area contributed by atoms with Gasteiger partial charge in [0, 0.05) is 17.7 Å². The quantitative estimate of drug-likeness (QED) is 0.383. The van der Waals surface area contributed by atoms with Gasteiger partial charge in [-0.25, -0.2) is 0 Å². The number of anilines is 1. The minimum atomic E-state index is -1.21. The molecule has 30 heavy (non-hydrogen) atoms. The second kappa shape index (κ2) is 10.0. The molecule has 10 heteroatoms. The number of hydrogen-bond acceptors (Lipinski definition) is 7. The normalized spacial score (nSPS) is 11.2. The number of nitrogens with zero attached hydrogens (tertiary/aromatic N) is 1. The first-order valence-corrected chi connectivity index (χ1v) is 8.89. The molecule has 0 aliphatic rings. The lowest BCUT2D eigenvalue weighted by Gasteiger charge is -2.15. The zero-order valence-electron chi connectivity index (χ0n) is 16.6. The molecule has 2 aromatic rings. The molecule has 0 fully saturated rings. The molecule has 2 aromatic carbocycles. The van der Waals surface area contributed by atoms with Gasteiger partial charge < -0.3 is 20.1 Å². The molecule has 1 unspecified atom stereocenters. The first-order chi connectivity index (χ1) is 14.2. The standard InChI is InChI=1S/C20H21N3O7/c1-12-5-4-6-14(9-12)20(26)21-11-18(24)30-13(2)19(25)22-16-10-15(23(27)28)7-8-17(16)29-3/h4-10,13H,11H2,1-3H3,(H,21,26)(H,22,25). The van der Waals surface area contributed by atoms with Crippen molar-refractivity contribution in [1.29, 1.82) is 0 Å². The van der Waals surface area contributed by atoms with Crippen LogP contribution in [-0.4, -0.2) is 42.5 Å². The van der Waals surface area contributed by atoms with Crippen molar-refractivity contribution < 1.29 is 28.8 Å². The van der Waals surface area contributed by atoms with Crippen LogP contribution in [0.5, 0.6) is 5.75 Å². The van der Waals surface area contributed by atoms with E-state index in [9.17, 15) is 24.5 Å². The van der Waals surface area contributed by atoms with Crippen LogP contribution < -0.4 is 15.4 Å². The Bertz CT molecular complexity index is 975. The molecule has 2 rings (SSSR count). The monoisotopic (exact) mass is 415 g/mol. The highest BCUT2D eigenvalue weighted by Gasteiger charge is 2.21. The Morgan fingerprint density at radius 1 is 1.17 bits per heavy atom. The van der Waals surface area contributed by atoms with E-state index in [0.717, 1.165) is 11.6 Å². The summed E-state index contributed by atoms with van der Waals surface area (Å²) >= 11 is 0. The number of ether oxygens (including phenoxy) is 2. The SMILES string of the molecule is COc1ccc([N+](=O)[O-])cc1NC(=O)C(C)OC(=O)CNC(=O)c1cccc(C)c1. The Balaban J connectivity index is 1.92. The molecule has 1 atom stereocenters. The summed E-state index contributed by atoms with van der Waals surface area (Å²) < 4.78 is 10.1. The van der Waals surface area contributed by atoms with E-state index in [2.05, 4.69) is 10.6 Å². The average Bonchev–Trinajstić information content (AvgIpc) is 2.71. The van der Waals surface area contributed by atoms with Gasteiger partial charge in [-0.2, -0.15) is 0 Å². The topological polar surface area (TPSA) is 137 Å². The van der Waals surface area contributed by atoms with Gasteiger partial charge in [-0.15, -0.1) is 0 Å². The fourth-order valence-corrected chi connectivity index (χ4v) is 2.47. The largest absolute Gasteiger partial charge is 0.495 e. The van der Waals surface area contributed by atoms with Crippen molar-refractivity contribution in [3.05, 3.63) is 63.7 Å². The fraction of sp³-hybridized carbons (Fsp3) is 0.250. The van der Waals surface area contributed by atoms with E-state index in [0.29, 0.717) is 5.56 Å². The molecule has 158 valence electrons. The van der Waals surface area contributed by atoms with Crippen LogP contribution in [-0.2, 0) is 14.3 Å². The zero-order valence-corrected chi connectivity index (χ0v) is 16.6. The van der Waals surface area contributed by atoms with Crippen molar-refractivity contribution in [3.8, 4) is 5.75 Å². The number of hydrogen-bond donors (Lipinski definition) is 2. The Morgan fingerprint density at radius 2 is 1.90 bits per heavy atom. The number of methoxy groups -OCH3 is 1. The molecule has 2 N–H and O–H groups in total. The summed E-state index contributed by atoms with van der Waals surface area (Å²) in [4.78, 5) is 46.6. The van der Waals surface area contributed by atoms with E-state index in [4.69, 9.17) is 9.47 Å². The van der Waals surface area contributed by atoms with E-state index >= 15 is 0 Å². The maximum Gasteiger partial charge on any atom is 0.326 e. The Hall–Kier alpha value is -3.95. The van der Waals surface area contributed by atoms with Gasteiger partial charge in [0.15, 0.2) is 6.10 Å². The van der Waals surface area contributed by atoms with Crippen molar-refractivity contribution in [1.82, 2.24) is 5.32 Å². The number of carbonyl (C=O) groups is 3. The number of nitro groups is 1. The maximum atomic E-state index is 12.3. The van der Waals surface area contributed by atoms with Crippen LogP contribution in [0.3, 0.4) is 0 Å². The summed E-state index contributed by atoms with van der Waals surface area (Å²) in [6, 6.07) is 10.5. The molecule has 2 amide bonds. The third-order valence-corrected chi connectivity index (χ3v) is 4.00. The summed E-state index contributed by atoms with van der Waals surface area (Å²) in [7, 11) is 1.34. The highest BCUT2D eigenvalue weighted by molar-refractivity contribution is 5.98. The summed E-state index contributed by atoms with van der Waals surface area (Å²) in [6.07, 6.45) is -1.21. The van der Waals surface area contributed by atoms with E-state index in [-0.39, 0.29) is 17.1 Å². The van der Waals surface area contributed by atoms with Gasteiger partial charge >= 0.3 is 5.97 Å². The van der Waals surface area contributed by atoms with Gasteiger partial charge in [0.25, 0.3) is 17.5 Å². The highest BCUT2D eigenvalue weighted by Crippen LogP contribution is 2.29. The smallest absolute Gasteiger partial charge is 0.326 e. The second-order valence-electron chi connectivity index (χ2n) is 6.32. The van der Waals surface area contributed by atoms with Crippen LogP contribution in [0.2, 0.25) is 0 Å². The van der Waals surface area contributed by atoms with Gasteiger partial charge in [0.05, 0.1) is 17.7 Å². The number of nitrogens with one attached hydrogen (secondary N) is 2. The number of esters is 1. The van der Waals surface area contributed by atoms with Crippen molar-refractivity contribution in [3.63, 3.8) is 0 Å². The molecule has 0 saturated heterocycles. The maximum absolute atomic E-state index is 12.3. The Kier molecular flexibility index (Phi) is 7.45. The molecule has 0 bridgehead atoms. The summed E-state index contributed by atoms with van der Waals surface area (Å²) in [5.41, 5.74) is 1.11. The van der Waals surface area contributed by atoms with Crippen molar-refractivity contribution >= 4 is 29.2 Å². The number of carbonyl (C=O) groups excluding carboxylic acids is 3. The van der Waals surface area contributed by atoms with Gasteiger partial charge in [-0.3, -0.25) is 24.5 Å². The minimum Gasteiger partial charge on any atom is -0.495 e. The third-order valence-electron chi connectivity index (χ3n) is 4.00. The molecular weight excluding hydrogens is 394 g/mol. The molecule has 0 aromatic heterocycles. The summed E-state index contributed by atoms with van der Waals surface area (Å²) in [6.45, 7) is 2.74. The van der Waals surface area contributed by atoms with Crippen molar-refractivity contribution in [2.45, 2.75) is 20.0 Å². The van der Waals surface area contributed by atoms with Crippen LogP contribution >= 0.6 is 0 Å². The first kappa shape index (κ1) is 22.3. The minimum absolute atomic E-state index is 0.0624. The molecule has 0 aliphatic heterocycles. The van der Waals surface area contributed by atoms with Gasteiger partial charge in [-0.1, -0.05) is 17.7 Å². The third kappa shape index (κ3) is 6.03. The number of aryl methyl sites for hydroxylation is 1. The van der Waals surface area contributed by atoms with Crippen LogP contribution in [0.25, 0.3) is 0 Å². The van der Waals surface area contributed by atoms with Crippen molar-refractivity contribution in [2.24, 2.45) is 0 Å². The molecular formula is C20H21N3O7. The number of nitro benzene ring substituents is 1. The number of non-ortho nitro benzene ring substituents is 1. The van der Waals surface area contributed by atoms with Crippen LogP contribution in [0.1, 0.15) is 22.8 Å². The van der Waals surface area contributed by atoms with Crippen LogP contribution in [0.4, 0.5) is 11.4 Å². The predicted molar refractivity (Wildman–Crippen MR) is 107 cm³/mol. The Morgan fingerprint density at radius 3 is 2.53 bits per heavy atom. The second-order valence-corrected chi connectivity index (χ2v) is 6.32. The highest BCUT2D eigenvalue weighted by atomic mass is 16.6. The lowest BCUT2D eigenvalue weighted by atomic mass is 10.1. The van der Waals surface area contributed by atoms with Crippen LogP contribution in [0, 0.1) is 17.0 Å². The van der Waals surface area contributed by atoms with Gasteiger partial charge in [0.1, 0.15) is 12.3 Å². The molecule has 0 aliphatic carbocycles. The lowest BCUT2D eigenvalue weighted by Crippen LogP contribution is -2.35. The van der Waals surface area contributed by atoms with E-state index in [1.165, 1.54) is 26.2 Å². The van der Waals surface area contributed by atoms with E-state index < -0.39 is 35.4 Å². The summed E-state index contributed by atoms with van der Waals surface area (Å²) in [5, 5.41) is 15.8. The molecule has 10 nitrogen and oxygen atoms in total. The fourth-order valence-electron chi connectivity index (χ4n) is 2.47. The average molecular weight is 415 g/mol. The van der Waals surface area contributed by atoms with Gasteiger partial charge in [-0.05, 0) is 32.0 Å². The van der Waals surface area contributed by atoms with Crippen molar-refractivity contribution in [2.75, 3.05) is 19.0 Å². The van der Waals surface area contributed by atoms with Gasteiger partial charge in [0.2, 0.25) is 0 Å². The number of rotatable bonds is 8. The predicted octanol–water partition coefficient (Wildman–Crippen LogP) is 2.21. The zero-order chi connectivity index (χ0) is 22.3. The van der Waals surface area contributed by atoms with E-state index in [1.54, 1.807) is 18.2 Å². The first-order valence-electron chi connectivity index (χ1n) is 8.89. The van der Waals surface area contributed by atoms with Crippen LogP contribution in [0.15, 0.2) is 42.5 Å².